The Morgan fingerprint density at radius 1 is 1.29 bits per heavy atom. The fraction of sp³-hybridized carbons (Fsp3) is 0.389. The molecule has 1 aromatic rings. The van der Waals surface area contributed by atoms with Crippen LogP contribution in [0.3, 0.4) is 0 Å². The third kappa shape index (κ3) is 3.50. The zero-order valence-corrected chi connectivity index (χ0v) is 13.6. The van der Waals surface area contributed by atoms with E-state index in [1.165, 1.54) is 22.6 Å². The Labute approximate surface area is 128 Å². The van der Waals surface area contributed by atoms with Crippen LogP contribution in [0, 0.1) is 0 Å². The molecule has 0 fully saturated rings. The molecular formula is C18H25N3. The Balaban J connectivity index is 2.03. The van der Waals surface area contributed by atoms with E-state index in [1.807, 2.05) is 6.08 Å². The van der Waals surface area contributed by atoms with E-state index < -0.39 is 0 Å². The zero-order valence-electron chi connectivity index (χ0n) is 13.6. The van der Waals surface area contributed by atoms with E-state index in [4.69, 9.17) is 0 Å². The fourth-order valence-corrected chi connectivity index (χ4v) is 2.29. The standard InChI is InChI=1S/C18H25N3/c1-6-20(4)17-12-10-16(11-13-17)8-7-9-18-19-14(2)15(3)21(18)5/h8-13,18-19H,6H2,1-5H3. The van der Waals surface area contributed by atoms with Crippen LogP contribution < -0.4 is 10.2 Å². The lowest BCUT2D eigenvalue weighted by molar-refractivity contribution is 0.365. The molecule has 0 saturated carbocycles. The fourth-order valence-electron chi connectivity index (χ4n) is 2.29. The van der Waals surface area contributed by atoms with Gasteiger partial charge in [0.2, 0.25) is 0 Å². The van der Waals surface area contributed by atoms with E-state index in [0.717, 1.165) is 6.54 Å². The second-order valence-corrected chi connectivity index (χ2v) is 5.49. The summed E-state index contributed by atoms with van der Waals surface area (Å²) in [6.45, 7) is 7.40. The van der Waals surface area contributed by atoms with Crippen molar-refractivity contribution in [3.63, 3.8) is 0 Å². The first-order chi connectivity index (χ1) is 10.0. The van der Waals surface area contributed by atoms with Gasteiger partial charge in [0.05, 0.1) is 0 Å². The minimum Gasteiger partial charge on any atom is -0.375 e. The van der Waals surface area contributed by atoms with Crippen molar-refractivity contribution < 1.29 is 0 Å². The molecule has 3 heteroatoms. The van der Waals surface area contributed by atoms with Gasteiger partial charge < -0.3 is 15.1 Å². The molecule has 0 aliphatic carbocycles. The number of hydrogen-bond acceptors (Lipinski definition) is 3. The lowest BCUT2D eigenvalue weighted by Crippen LogP contribution is -2.31. The number of likely N-dealkylation sites (N-methyl/N-ethyl adjacent to an activating group) is 1. The normalized spacial score (nSPS) is 17.4. The summed E-state index contributed by atoms with van der Waals surface area (Å²) < 4.78 is 0. The molecule has 1 aliphatic heterocycles. The summed E-state index contributed by atoms with van der Waals surface area (Å²) in [6.07, 6.45) is 4.28. The summed E-state index contributed by atoms with van der Waals surface area (Å²) in [6, 6.07) is 8.55. The quantitative estimate of drug-likeness (QED) is 0.854. The number of anilines is 1. The van der Waals surface area contributed by atoms with Gasteiger partial charge in [-0.15, -0.1) is 5.73 Å². The van der Waals surface area contributed by atoms with E-state index in [-0.39, 0.29) is 6.17 Å². The molecule has 1 atom stereocenters. The molecular weight excluding hydrogens is 258 g/mol. The largest absolute Gasteiger partial charge is 0.375 e. The van der Waals surface area contributed by atoms with Gasteiger partial charge in [-0.05, 0) is 44.5 Å². The van der Waals surface area contributed by atoms with Gasteiger partial charge in [0.25, 0.3) is 0 Å². The van der Waals surface area contributed by atoms with Crippen molar-refractivity contribution >= 4 is 11.8 Å². The van der Waals surface area contributed by atoms with Crippen molar-refractivity contribution in [2.75, 3.05) is 25.5 Å². The van der Waals surface area contributed by atoms with Crippen LogP contribution in [-0.4, -0.2) is 31.7 Å². The number of nitrogens with one attached hydrogen (secondary N) is 1. The van der Waals surface area contributed by atoms with E-state index in [2.05, 4.69) is 86.1 Å². The van der Waals surface area contributed by atoms with Crippen molar-refractivity contribution in [1.29, 1.82) is 0 Å². The molecule has 112 valence electrons. The molecule has 1 N–H and O–H groups in total. The average molecular weight is 283 g/mol. The predicted octanol–water partition coefficient (Wildman–Crippen LogP) is 3.42. The third-order valence-electron chi connectivity index (χ3n) is 4.17. The predicted molar refractivity (Wildman–Crippen MR) is 91.0 cm³/mol. The van der Waals surface area contributed by atoms with Gasteiger partial charge in [0.15, 0.2) is 0 Å². The lowest BCUT2D eigenvalue weighted by Gasteiger charge is -2.19. The van der Waals surface area contributed by atoms with Crippen LogP contribution in [0.5, 0.6) is 0 Å². The molecule has 0 bridgehead atoms. The lowest BCUT2D eigenvalue weighted by atomic mass is 10.2. The van der Waals surface area contributed by atoms with Crippen LogP contribution in [-0.2, 0) is 0 Å². The summed E-state index contributed by atoms with van der Waals surface area (Å²) >= 11 is 0. The molecule has 0 radical (unpaired) electrons. The number of benzene rings is 1. The molecule has 1 unspecified atom stereocenters. The highest BCUT2D eigenvalue weighted by atomic mass is 15.3. The second-order valence-electron chi connectivity index (χ2n) is 5.49. The molecule has 0 amide bonds. The number of hydrogen-bond donors (Lipinski definition) is 1. The van der Waals surface area contributed by atoms with E-state index in [0.29, 0.717) is 0 Å². The van der Waals surface area contributed by atoms with Crippen molar-refractivity contribution in [1.82, 2.24) is 10.2 Å². The van der Waals surface area contributed by atoms with Gasteiger partial charge in [-0.1, -0.05) is 12.1 Å². The van der Waals surface area contributed by atoms with E-state index in [9.17, 15) is 0 Å². The molecule has 3 nitrogen and oxygen atoms in total. The molecule has 0 spiro atoms. The monoisotopic (exact) mass is 283 g/mol. The molecule has 1 aliphatic rings. The smallest absolute Gasteiger partial charge is 0.125 e. The Bertz CT molecular complexity index is 577. The third-order valence-corrected chi connectivity index (χ3v) is 4.17. The maximum atomic E-state index is 3.43. The first kappa shape index (κ1) is 15.3. The van der Waals surface area contributed by atoms with Gasteiger partial charge in [-0.25, -0.2) is 0 Å². The molecule has 1 aromatic carbocycles. The molecule has 0 saturated heterocycles. The Hall–Kier alpha value is -2.12. The topological polar surface area (TPSA) is 18.5 Å². The van der Waals surface area contributed by atoms with Gasteiger partial charge in [-0.3, -0.25) is 0 Å². The Morgan fingerprint density at radius 3 is 2.48 bits per heavy atom. The van der Waals surface area contributed by atoms with Crippen molar-refractivity contribution in [2.45, 2.75) is 26.9 Å². The summed E-state index contributed by atoms with van der Waals surface area (Å²) in [5, 5.41) is 3.43. The molecule has 2 rings (SSSR count). The number of nitrogens with zero attached hydrogens (tertiary/aromatic N) is 2. The summed E-state index contributed by atoms with van der Waals surface area (Å²) in [5.74, 6) is 0. The number of allylic oxidation sites excluding steroid dienone is 2. The molecule has 0 aromatic heterocycles. The summed E-state index contributed by atoms with van der Waals surface area (Å²) in [7, 11) is 4.20. The average Bonchev–Trinajstić information content (AvgIpc) is 2.74. The minimum absolute atomic E-state index is 0.201. The maximum absolute atomic E-state index is 3.43. The summed E-state index contributed by atoms with van der Waals surface area (Å²) in [4.78, 5) is 4.44. The highest BCUT2D eigenvalue weighted by molar-refractivity contribution is 5.55. The van der Waals surface area contributed by atoms with Crippen LogP contribution in [0.25, 0.3) is 6.08 Å². The Kier molecular flexibility index (Phi) is 4.77. The van der Waals surface area contributed by atoms with Gasteiger partial charge >= 0.3 is 0 Å². The highest BCUT2D eigenvalue weighted by Gasteiger charge is 2.20. The van der Waals surface area contributed by atoms with Crippen LogP contribution in [0.2, 0.25) is 0 Å². The van der Waals surface area contributed by atoms with Gasteiger partial charge in [0, 0.05) is 43.8 Å². The summed E-state index contributed by atoms with van der Waals surface area (Å²) in [5.41, 5.74) is 8.20. The molecule has 21 heavy (non-hydrogen) atoms. The van der Waals surface area contributed by atoms with Crippen molar-refractivity contribution in [2.24, 2.45) is 0 Å². The molecule has 1 heterocycles. The SMILES string of the molecule is CCN(C)c1ccc(C=C=CC2NC(C)=C(C)N2C)cc1. The minimum atomic E-state index is 0.201. The van der Waals surface area contributed by atoms with Gasteiger partial charge in [-0.2, -0.15) is 0 Å². The van der Waals surface area contributed by atoms with Crippen LogP contribution in [0.1, 0.15) is 26.3 Å². The number of rotatable bonds is 4. The van der Waals surface area contributed by atoms with Crippen molar-refractivity contribution in [3.8, 4) is 0 Å². The van der Waals surface area contributed by atoms with Gasteiger partial charge in [0.1, 0.15) is 6.17 Å². The first-order valence-corrected chi connectivity index (χ1v) is 7.43. The highest BCUT2D eigenvalue weighted by Crippen LogP contribution is 2.17. The Morgan fingerprint density at radius 2 is 1.95 bits per heavy atom. The van der Waals surface area contributed by atoms with E-state index in [1.54, 1.807) is 0 Å². The zero-order chi connectivity index (χ0) is 15.4. The van der Waals surface area contributed by atoms with Crippen LogP contribution >= 0.6 is 0 Å². The van der Waals surface area contributed by atoms with Crippen molar-refractivity contribution in [3.05, 3.63) is 53.0 Å². The van der Waals surface area contributed by atoms with E-state index >= 15 is 0 Å². The van der Waals surface area contributed by atoms with Crippen LogP contribution in [0.15, 0.2) is 47.5 Å². The second kappa shape index (κ2) is 6.55. The van der Waals surface area contributed by atoms with Crippen LogP contribution in [0.4, 0.5) is 5.69 Å². The maximum Gasteiger partial charge on any atom is 0.125 e. The first-order valence-electron chi connectivity index (χ1n) is 7.43.